The number of rotatable bonds is 10. The fraction of sp³-hybridized carbons (Fsp3) is 0.316. The van der Waals surface area contributed by atoms with Crippen LogP contribution < -0.4 is 14.8 Å². The Labute approximate surface area is 176 Å². The van der Waals surface area contributed by atoms with E-state index in [0.29, 0.717) is 18.9 Å². The Morgan fingerprint density at radius 2 is 2.04 bits per heavy atom. The minimum Gasteiger partial charge on any atom is -0.493 e. The number of thioether (sulfide) groups is 1. The molecule has 0 atom stereocenters. The smallest absolute Gasteiger partial charge is 0.209 e. The maximum Gasteiger partial charge on any atom is 0.209 e. The van der Waals surface area contributed by atoms with Gasteiger partial charge in [0.2, 0.25) is 5.16 Å². The first-order valence-electron chi connectivity index (χ1n) is 8.76. The molecule has 0 aliphatic rings. The Morgan fingerprint density at radius 3 is 2.75 bits per heavy atom. The number of aromatic nitrogens is 4. The first kappa shape index (κ1) is 20.6. The maximum absolute atomic E-state index is 6.11. The van der Waals surface area contributed by atoms with E-state index >= 15 is 0 Å². The number of hydrogen-bond donors (Lipinski definition) is 1. The van der Waals surface area contributed by atoms with Gasteiger partial charge < -0.3 is 14.8 Å². The molecule has 0 fully saturated rings. The standard InChI is InChI=1S/C19H22BrN5O2S/c1-25-19(22-23-24-25)28-9-8-21-12-15-10-16(20)11-17(26-2)18(15)27-13-14-6-4-3-5-7-14/h3-7,10-11,21H,8-9,12-13H2,1-2H3. The lowest BCUT2D eigenvalue weighted by molar-refractivity contribution is 0.280. The van der Waals surface area contributed by atoms with E-state index in [1.807, 2.05) is 43.4 Å². The second-order valence-electron chi connectivity index (χ2n) is 5.98. The molecule has 7 nitrogen and oxygen atoms in total. The minimum atomic E-state index is 0.487. The molecule has 2 aromatic carbocycles. The van der Waals surface area contributed by atoms with Crippen LogP contribution in [-0.2, 0) is 20.2 Å². The van der Waals surface area contributed by atoms with Crippen molar-refractivity contribution in [2.75, 3.05) is 19.4 Å². The molecule has 1 heterocycles. The maximum atomic E-state index is 6.11. The average Bonchev–Trinajstić information content (AvgIpc) is 3.12. The molecule has 0 spiro atoms. The normalized spacial score (nSPS) is 10.8. The summed E-state index contributed by atoms with van der Waals surface area (Å²) < 4.78 is 14.3. The summed E-state index contributed by atoms with van der Waals surface area (Å²) in [6.45, 7) is 1.96. The van der Waals surface area contributed by atoms with Crippen LogP contribution in [0.2, 0.25) is 0 Å². The molecule has 0 aliphatic heterocycles. The van der Waals surface area contributed by atoms with E-state index in [9.17, 15) is 0 Å². The molecule has 148 valence electrons. The number of ether oxygens (including phenoxy) is 2. The van der Waals surface area contributed by atoms with E-state index in [4.69, 9.17) is 9.47 Å². The first-order chi connectivity index (χ1) is 13.7. The number of halogens is 1. The van der Waals surface area contributed by atoms with Crippen LogP contribution in [0.4, 0.5) is 0 Å². The summed E-state index contributed by atoms with van der Waals surface area (Å²) in [6.07, 6.45) is 0. The van der Waals surface area contributed by atoms with Crippen molar-refractivity contribution < 1.29 is 9.47 Å². The molecule has 28 heavy (non-hydrogen) atoms. The lowest BCUT2D eigenvalue weighted by Gasteiger charge is -2.16. The fourth-order valence-corrected chi connectivity index (χ4v) is 3.81. The number of aryl methyl sites for hydroxylation is 1. The SMILES string of the molecule is COc1cc(Br)cc(CNCCSc2nnnn2C)c1OCc1ccccc1. The largest absolute Gasteiger partial charge is 0.493 e. The Bertz CT molecular complexity index is 891. The molecule has 1 aromatic heterocycles. The number of nitrogens with one attached hydrogen (secondary N) is 1. The lowest BCUT2D eigenvalue weighted by atomic mass is 10.1. The zero-order chi connectivity index (χ0) is 19.8. The van der Waals surface area contributed by atoms with Crippen molar-refractivity contribution in [3.8, 4) is 11.5 Å². The molecule has 9 heteroatoms. The predicted molar refractivity (Wildman–Crippen MR) is 113 cm³/mol. The Morgan fingerprint density at radius 1 is 1.21 bits per heavy atom. The van der Waals surface area contributed by atoms with Crippen molar-refractivity contribution in [3.63, 3.8) is 0 Å². The molecule has 0 aliphatic carbocycles. The van der Waals surface area contributed by atoms with Crippen LogP contribution in [0.25, 0.3) is 0 Å². The molecule has 0 radical (unpaired) electrons. The lowest BCUT2D eigenvalue weighted by Crippen LogP contribution is -2.17. The van der Waals surface area contributed by atoms with E-state index in [2.05, 4.69) is 42.8 Å². The molecule has 0 amide bonds. The van der Waals surface area contributed by atoms with Gasteiger partial charge in [-0.05, 0) is 28.1 Å². The molecule has 0 saturated heterocycles. The number of benzene rings is 2. The van der Waals surface area contributed by atoms with Gasteiger partial charge in [-0.2, -0.15) is 0 Å². The van der Waals surface area contributed by atoms with Gasteiger partial charge in [0, 0.05) is 35.9 Å². The highest BCUT2D eigenvalue weighted by Gasteiger charge is 2.13. The third-order valence-electron chi connectivity index (χ3n) is 3.95. The second kappa shape index (κ2) is 10.4. The van der Waals surface area contributed by atoms with Crippen LogP contribution in [0.5, 0.6) is 11.5 Å². The molecular formula is C19H22BrN5O2S. The van der Waals surface area contributed by atoms with Crippen molar-refractivity contribution in [2.24, 2.45) is 7.05 Å². The molecule has 1 N–H and O–H groups in total. The second-order valence-corrected chi connectivity index (χ2v) is 7.96. The van der Waals surface area contributed by atoms with Gasteiger partial charge in [-0.1, -0.05) is 58.0 Å². The highest BCUT2D eigenvalue weighted by molar-refractivity contribution is 9.10. The van der Waals surface area contributed by atoms with Crippen molar-refractivity contribution in [1.29, 1.82) is 0 Å². The summed E-state index contributed by atoms with van der Waals surface area (Å²) in [7, 11) is 3.49. The van der Waals surface area contributed by atoms with E-state index in [-0.39, 0.29) is 0 Å². The van der Waals surface area contributed by atoms with Crippen molar-refractivity contribution >= 4 is 27.7 Å². The van der Waals surface area contributed by atoms with Gasteiger partial charge in [0.1, 0.15) is 6.61 Å². The number of nitrogens with zero attached hydrogens (tertiary/aromatic N) is 4. The molecule has 0 bridgehead atoms. The quantitative estimate of drug-likeness (QED) is 0.364. The third kappa shape index (κ3) is 5.70. The van der Waals surface area contributed by atoms with Crippen molar-refractivity contribution in [2.45, 2.75) is 18.3 Å². The zero-order valence-corrected chi connectivity index (χ0v) is 18.2. The molecule has 0 unspecified atom stereocenters. The number of tetrazole rings is 1. The summed E-state index contributed by atoms with van der Waals surface area (Å²) in [6, 6.07) is 14.1. The zero-order valence-electron chi connectivity index (χ0n) is 15.8. The molecule has 3 aromatic rings. The molecular weight excluding hydrogens is 442 g/mol. The topological polar surface area (TPSA) is 74.1 Å². The van der Waals surface area contributed by atoms with Crippen LogP contribution in [-0.4, -0.2) is 39.6 Å². The van der Waals surface area contributed by atoms with Gasteiger partial charge in [0.05, 0.1) is 7.11 Å². The van der Waals surface area contributed by atoms with Gasteiger partial charge in [-0.15, -0.1) is 5.10 Å². The van der Waals surface area contributed by atoms with Crippen LogP contribution in [0, 0.1) is 0 Å². The average molecular weight is 464 g/mol. The minimum absolute atomic E-state index is 0.487. The van der Waals surface area contributed by atoms with E-state index in [0.717, 1.165) is 38.8 Å². The summed E-state index contributed by atoms with van der Waals surface area (Å²) in [5.74, 6) is 2.33. The summed E-state index contributed by atoms with van der Waals surface area (Å²) in [4.78, 5) is 0. The molecule has 3 rings (SSSR count). The monoisotopic (exact) mass is 463 g/mol. The highest BCUT2D eigenvalue weighted by atomic mass is 79.9. The Kier molecular flexibility index (Phi) is 7.70. The summed E-state index contributed by atoms with van der Waals surface area (Å²) in [5, 5.41) is 15.7. The van der Waals surface area contributed by atoms with E-state index in [1.54, 1.807) is 23.6 Å². The van der Waals surface area contributed by atoms with Crippen LogP contribution in [0.1, 0.15) is 11.1 Å². The third-order valence-corrected chi connectivity index (χ3v) is 5.42. The van der Waals surface area contributed by atoms with E-state index in [1.165, 1.54) is 0 Å². The first-order valence-corrected chi connectivity index (χ1v) is 10.5. The molecule has 0 saturated carbocycles. The fourth-order valence-electron chi connectivity index (χ4n) is 2.58. The van der Waals surface area contributed by atoms with Crippen molar-refractivity contribution in [3.05, 3.63) is 58.1 Å². The van der Waals surface area contributed by atoms with Gasteiger partial charge in [0.15, 0.2) is 11.5 Å². The number of methoxy groups -OCH3 is 1. The van der Waals surface area contributed by atoms with Crippen molar-refractivity contribution in [1.82, 2.24) is 25.5 Å². The Balaban J connectivity index is 1.60. The van der Waals surface area contributed by atoms with Gasteiger partial charge in [0.25, 0.3) is 0 Å². The Hall–Kier alpha value is -2.10. The van der Waals surface area contributed by atoms with E-state index < -0.39 is 0 Å². The van der Waals surface area contributed by atoms with Crippen LogP contribution in [0.15, 0.2) is 52.1 Å². The number of hydrogen-bond acceptors (Lipinski definition) is 7. The van der Waals surface area contributed by atoms with Crippen LogP contribution in [0.3, 0.4) is 0 Å². The van der Waals surface area contributed by atoms with Gasteiger partial charge in [-0.3, -0.25) is 0 Å². The predicted octanol–water partition coefficient (Wildman–Crippen LogP) is 3.44. The van der Waals surface area contributed by atoms with Gasteiger partial charge in [-0.25, -0.2) is 4.68 Å². The summed E-state index contributed by atoms with van der Waals surface area (Å²) >= 11 is 5.16. The summed E-state index contributed by atoms with van der Waals surface area (Å²) in [5.41, 5.74) is 2.15. The van der Waals surface area contributed by atoms with Crippen LogP contribution >= 0.6 is 27.7 Å². The highest BCUT2D eigenvalue weighted by Crippen LogP contribution is 2.35. The van der Waals surface area contributed by atoms with Gasteiger partial charge >= 0.3 is 0 Å².